The van der Waals surface area contributed by atoms with Crippen molar-refractivity contribution in [3.05, 3.63) is 41.2 Å². The predicted octanol–water partition coefficient (Wildman–Crippen LogP) is 3.75. The van der Waals surface area contributed by atoms with Crippen molar-refractivity contribution in [2.75, 3.05) is 29.0 Å². The van der Waals surface area contributed by atoms with Crippen molar-refractivity contribution >= 4 is 34.7 Å². The van der Waals surface area contributed by atoms with Crippen molar-refractivity contribution in [1.82, 2.24) is 20.2 Å². The quantitative estimate of drug-likeness (QED) is 0.648. The average molecular weight is 370 g/mol. The summed E-state index contributed by atoms with van der Waals surface area (Å²) in [5, 5.41) is 10.8. The topological polar surface area (TPSA) is 95.8 Å². The first-order valence-corrected chi connectivity index (χ1v) is 8.94. The van der Waals surface area contributed by atoms with Gasteiger partial charge in [0.05, 0.1) is 16.9 Å². The second-order valence-electron chi connectivity index (χ2n) is 6.41. The minimum absolute atomic E-state index is 0.358. The molecule has 8 heteroatoms. The maximum Gasteiger partial charge on any atom is 0.153 e. The summed E-state index contributed by atoms with van der Waals surface area (Å²) in [4.78, 5) is 11.2. The van der Waals surface area contributed by atoms with Gasteiger partial charge in [0.15, 0.2) is 17.5 Å². The molecular weight excluding hydrogens is 350 g/mol. The molecule has 134 valence electrons. The second-order valence-corrected chi connectivity index (χ2v) is 6.82. The van der Waals surface area contributed by atoms with Crippen LogP contribution in [0.1, 0.15) is 18.5 Å². The van der Waals surface area contributed by atoms with Crippen molar-refractivity contribution in [2.24, 2.45) is 0 Å². The van der Waals surface area contributed by atoms with Gasteiger partial charge in [0, 0.05) is 30.4 Å². The van der Waals surface area contributed by atoms with Crippen LogP contribution in [0.2, 0.25) is 5.02 Å². The van der Waals surface area contributed by atoms with E-state index in [1.807, 2.05) is 31.2 Å². The summed E-state index contributed by atoms with van der Waals surface area (Å²) in [6.45, 7) is 3.98. The van der Waals surface area contributed by atoms with E-state index in [1.54, 1.807) is 6.20 Å². The molecule has 0 atom stereocenters. The highest BCUT2D eigenvalue weighted by atomic mass is 35.5. The van der Waals surface area contributed by atoms with Gasteiger partial charge in [0.2, 0.25) is 0 Å². The average Bonchev–Trinajstić information content (AvgIpc) is 3.28. The van der Waals surface area contributed by atoms with Crippen LogP contribution in [0.4, 0.5) is 23.1 Å². The van der Waals surface area contributed by atoms with Crippen molar-refractivity contribution in [3.8, 4) is 11.3 Å². The van der Waals surface area contributed by atoms with Gasteiger partial charge in [0.1, 0.15) is 5.69 Å². The van der Waals surface area contributed by atoms with E-state index in [0.29, 0.717) is 23.1 Å². The van der Waals surface area contributed by atoms with Crippen LogP contribution in [0.3, 0.4) is 0 Å². The summed E-state index contributed by atoms with van der Waals surface area (Å²) >= 11 is 6.39. The number of aryl methyl sites for hydroxylation is 1. The zero-order chi connectivity index (χ0) is 18.1. The van der Waals surface area contributed by atoms with E-state index in [4.69, 9.17) is 17.3 Å². The smallest absolute Gasteiger partial charge is 0.153 e. The third-order valence-electron chi connectivity index (χ3n) is 4.43. The lowest BCUT2D eigenvalue weighted by Crippen LogP contribution is -2.18. The molecule has 0 radical (unpaired) electrons. The second kappa shape index (κ2) is 6.84. The molecule has 1 aliphatic rings. The van der Waals surface area contributed by atoms with Gasteiger partial charge in [-0.1, -0.05) is 17.7 Å². The van der Waals surface area contributed by atoms with Gasteiger partial charge in [-0.25, -0.2) is 9.97 Å². The lowest BCUT2D eigenvalue weighted by molar-refractivity contribution is 0.949. The summed E-state index contributed by atoms with van der Waals surface area (Å²) in [5.74, 6) is 1.58. The molecular formula is C18H20ClN7. The van der Waals surface area contributed by atoms with E-state index in [9.17, 15) is 0 Å². The molecule has 3 aromatic rings. The Hall–Kier alpha value is -2.80. The fourth-order valence-corrected chi connectivity index (χ4v) is 3.40. The van der Waals surface area contributed by atoms with Gasteiger partial charge in [-0.2, -0.15) is 5.10 Å². The molecule has 2 aromatic heterocycles. The van der Waals surface area contributed by atoms with E-state index in [2.05, 4.69) is 30.4 Å². The Kier molecular flexibility index (Phi) is 4.38. The van der Waals surface area contributed by atoms with Crippen LogP contribution < -0.4 is 16.0 Å². The Morgan fingerprint density at radius 1 is 1.19 bits per heavy atom. The molecule has 26 heavy (non-hydrogen) atoms. The van der Waals surface area contributed by atoms with Crippen LogP contribution in [0.25, 0.3) is 11.3 Å². The van der Waals surface area contributed by atoms with Gasteiger partial charge in [-0.15, -0.1) is 0 Å². The number of rotatable bonds is 4. The first-order valence-electron chi connectivity index (χ1n) is 8.56. The van der Waals surface area contributed by atoms with Gasteiger partial charge >= 0.3 is 0 Å². The van der Waals surface area contributed by atoms with E-state index in [0.717, 1.165) is 35.1 Å². The minimum Gasteiger partial charge on any atom is -0.382 e. The molecule has 3 heterocycles. The third kappa shape index (κ3) is 3.30. The highest BCUT2D eigenvalue weighted by Gasteiger charge is 2.17. The Labute approximate surface area is 156 Å². The van der Waals surface area contributed by atoms with Crippen molar-refractivity contribution in [3.63, 3.8) is 0 Å². The number of hydrogen-bond acceptors (Lipinski definition) is 6. The fourth-order valence-electron chi connectivity index (χ4n) is 3.16. The SMILES string of the molecule is Cc1cc(Nc2cnc(-c3ccc(Cl)c(N4CCCC4)c3)c(N)n2)n[nH]1. The summed E-state index contributed by atoms with van der Waals surface area (Å²) in [5.41, 5.74) is 9.70. The molecule has 0 unspecified atom stereocenters. The Balaban J connectivity index is 1.62. The number of anilines is 4. The van der Waals surface area contributed by atoms with Crippen LogP contribution in [0.5, 0.6) is 0 Å². The highest BCUT2D eigenvalue weighted by molar-refractivity contribution is 6.33. The zero-order valence-corrected chi connectivity index (χ0v) is 15.2. The van der Waals surface area contributed by atoms with Crippen LogP contribution in [-0.4, -0.2) is 33.3 Å². The van der Waals surface area contributed by atoms with Crippen molar-refractivity contribution in [1.29, 1.82) is 0 Å². The number of H-pyrrole nitrogens is 1. The minimum atomic E-state index is 0.358. The molecule has 0 bridgehead atoms. The van der Waals surface area contributed by atoms with Crippen LogP contribution in [0, 0.1) is 6.92 Å². The highest BCUT2D eigenvalue weighted by Crippen LogP contribution is 2.34. The molecule has 4 rings (SSSR count). The van der Waals surface area contributed by atoms with Crippen LogP contribution in [-0.2, 0) is 0 Å². The summed E-state index contributed by atoms with van der Waals surface area (Å²) < 4.78 is 0. The molecule has 1 aliphatic heterocycles. The van der Waals surface area contributed by atoms with E-state index < -0.39 is 0 Å². The third-order valence-corrected chi connectivity index (χ3v) is 4.75. The van der Waals surface area contributed by atoms with Gasteiger partial charge in [0.25, 0.3) is 0 Å². The van der Waals surface area contributed by atoms with Crippen LogP contribution in [0.15, 0.2) is 30.5 Å². The lowest BCUT2D eigenvalue weighted by Gasteiger charge is -2.20. The zero-order valence-electron chi connectivity index (χ0n) is 14.5. The molecule has 1 fully saturated rings. The molecule has 0 spiro atoms. The fraction of sp³-hybridized carbons (Fsp3) is 0.278. The lowest BCUT2D eigenvalue weighted by atomic mass is 10.1. The number of nitrogens with one attached hydrogen (secondary N) is 2. The van der Waals surface area contributed by atoms with E-state index in [-0.39, 0.29) is 0 Å². The first-order chi connectivity index (χ1) is 12.6. The molecule has 0 saturated carbocycles. The molecule has 4 N–H and O–H groups in total. The predicted molar refractivity (Wildman–Crippen MR) is 105 cm³/mol. The van der Waals surface area contributed by atoms with Gasteiger partial charge in [-0.05, 0) is 31.9 Å². The first kappa shape index (κ1) is 16.7. The van der Waals surface area contributed by atoms with Crippen LogP contribution >= 0.6 is 11.6 Å². The number of halogens is 1. The molecule has 0 aliphatic carbocycles. The summed E-state index contributed by atoms with van der Waals surface area (Å²) in [7, 11) is 0. The number of aromatic amines is 1. The van der Waals surface area contributed by atoms with E-state index >= 15 is 0 Å². The Morgan fingerprint density at radius 2 is 2.00 bits per heavy atom. The van der Waals surface area contributed by atoms with Gasteiger partial charge in [-0.3, -0.25) is 5.10 Å². The van der Waals surface area contributed by atoms with Gasteiger partial charge < -0.3 is 16.0 Å². The maximum atomic E-state index is 6.39. The number of hydrogen-bond donors (Lipinski definition) is 3. The largest absolute Gasteiger partial charge is 0.382 e. The number of nitrogens with zero attached hydrogens (tertiary/aromatic N) is 4. The van der Waals surface area contributed by atoms with E-state index in [1.165, 1.54) is 12.8 Å². The Morgan fingerprint density at radius 3 is 2.69 bits per heavy atom. The molecule has 1 aromatic carbocycles. The standard InChI is InChI=1S/C18H20ClN7/c1-11-8-15(25-24-11)22-16-10-21-17(18(20)23-16)12-4-5-13(19)14(9-12)26-6-2-3-7-26/h4-5,8-10H,2-3,6-7H2,1H3,(H4,20,22,23,24,25). The summed E-state index contributed by atoms with van der Waals surface area (Å²) in [6.07, 6.45) is 4.03. The summed E-state index contributed by atoms with van der Waals surface area (Å²) in [6, 6.07) is 7.74. The molecule has 0 amide bonds. The maximum absolute atomic E-state index is 6.39. The number of aromatic nitrogens is 4. The number of nitrogens with two attached hydrogens (primary N) is 1. The molecule has 1 saturated heterocycles. The number of benzene rings is 1. The normalized spacial score (nSPS) is 14.0. The van der Waals surface area contributed by atoms with Crippen molar-refractivity contribution < 1.29 is 0 Å². The monoisotopic (exact) mass is 369 g/mol. The molecule has 7 nitrogen and oxygen atoms in total. The number of nitrogen functional groups attached to an aromatic ring is 1. The van der Waals surface area contributed by atoms with Crippen molar-refractivity contribution in [2.45, 2.75) is 19.8 Å². The Bertz CT molecular complexity index is 931.